The molecule has 0 unspecified atom stereocenters. The van der Waals surface area contributed by atoms with Gasteiger partial charge in [-0.3, -0.25) is 10.1 Å². The van der Waals surface area contributed by atoms with Crippen molar-refractivity contribution < 1.29 is 18.1 Å². The molecule has 0 fully saturated rings. The number of rotatable bonds is 5. The van der Waals surface area contributed by atoms with Gasteiger partial charge in [-0.1, -0.05) is 15.9 Å². The first-order valence-electron chi connectivity index (χ1n) is 5.43. The minimum atomic E-state index is -4.32. The molecule has 0 radical (unpaired) electrons. The molecule has 0 aromatic heterocycles. The second kappa shape index (κ2) is 6.23. The average Bonchev–Trinajstić information content (AvgIpc) is 2.34. The number of nitro groups is 1. The molecule has 0 amide bonds. The van der Waals surface area contributed by atoms with Crippen LogP contribution >= 0.6 is 15.9 Å². The summed E-state index contributed by atoms with van der Waals surface area (Å²) in [6.45, 7) is 0.684. The molecule has 1 rings (SSSR count). The molecule has 0 aliphatic heterocycles. The molecule has 19 heavy (non-hydrogen) atoms. The Bertz CT molecular complexity index is 466. The lowest BCUT2D eigenvalue weighted by Crippen LogP contribution is -2.34. The molecule has 1 aromatic rings. The van der Waals surface area contributed by atoms with Gasteiger partial charge in [0.2, 0.25) is 0 Å². The molecule has 0 spiro atoms. The van der Waals surface area contributed by atoms with Crippen LogP contribution in [0.5, 0.6) is 0 Å². The molecular weight excluding hydrogens is 329 g/mol. The Labute approximate surface area is 116 Å². The van der Waals surface area contributed by atoms with Gasteiger partial charge in [-0.25, -0.2) is 0 Å². The number of benzene rings is 1. The fourth-order valence-electron chi connectivity index (χ4n) is 1.68. The van der Waals surface area contributed by atoms with Crippen molar-refractivity contribution in [3.05, 3.63) is 33.9 Å². The Kier molecular flexibility index (Phi) is 5.16. The summed E-state index contributed by atoms with van der Waals surface area (Å²) in [5, 5.41) is 10.9. The molecule has 8 heteroatoms. The fraction of sp³-hybridized carbons (Fsp3) is 0.455. The maximum atomic E-state index is 12.5. The lowest BCUT2D eigenvalue weighted by Gasteiger charge is -2.26. The highest BCUT2D eigenvalue weighted by atomic mass is 79.9. The Morgan fingerprint density at radius 3 is 2.47 bits per heavy atom. The van der Waals surface area contributed by atoms with Gasteiger partial charge >= 0.3 is 6.18 Å². The lowest BCUT2D eigenvalue weighted by atomic mass is 10.1. The van der Waals surface area contributed by atoms with E-state index in [2.05, 4.69) is 15.9 Å². The Morgan fingerprint density at radius 2 is 2.05 bits per heavy atom. The highest BCUT2D eigenvalue weighted by Gasteiger charge is 2.31. The minimum Gasteiger partial charge on any atom is -0.363 e. The second-order valence-electron chi connectivity index (χ2n) is 3.83. The molecule has 0 aliphatic carbocycles. The van der Waals surface area contributed by atoms with Crippen molar-refractivity contribution in [2.24, 2.45) is 0 Å². The maximum absolute atomic E-state index is 12.5. The first-order chi connectivity index (χ1) is 8.78. The monoisotopic (exact) mass is 340 g/mol. The summed E-state index contributed by atoms with van der Waals surface area (Å²) >= 11 is 3.14. The summed E-state index contributed by atoms with van der Waals surface area (Å²) in [5.74, 6) is 0. The fourth-order valence-corrected chi connectivity index (χ4v) is 2.13. The molecule has 0 atom stereocenters. The van der Waals surface area contributed by atoms with Gasteiger partial charge in [-0.15, -0.1) is 0 Å². The Morgan fingerprint density at radius 1 is 1.42 bits per heavy atom. The van der Waals surface area contributed by atoms with Crippen LogP contribution in [0.25, 0.3) is 0 Å². The van der Waals surface area contributed by atoms with Gasteiger partial charge in [-0.05, 0) is 18.6 Å². The van der Waals surface area contributed by atoms with Gasteiger partial charge in [0.25, 0.3) is 5.69 Å². The van der Waals surface area contributed by atoms with E-state index < -0.39 is 17.6 Å². The SMILES string of the molecule is CCN(CC(F)(F)F)c1ccc([N+](=O)[O-])cc1CBr. The van der Waals surface area contributed by atoms with Crippen LogP contribution in [0.1, 0.15) is 12.5 Å². The molecule has 0 heterocycles. The molecule has 0 aliphatic rings. The van der Waals surface area contributed by atoms with Gasteiger partial charge in [0, 0.05) is 29.7 Å². The number of non-ortho nitro benzene ring substituents is 1. The normalized spacial score (nSPS) is 11.4. The zero-order valence-electron chi connectivity index (χ0n) is 10.1. The van der Waals surface area contributed by atoms with E-state index in [0.29, 0.717) is 11.3 Å². The van der Waals surface area contributed by atoms with E-state index in [1.54, 1.807) is 6.92 Å². The standard InChI is InChI=1S/C11H12BrF3N2O2/c1-2-16(7-11(13,14)15)10-4-3-9(17(18)19)5-8(10)6-12/h3-5H,2,6-7H2,1H3. The van der Waals surface area contributed by atoms with Crippen LogP contribution in [0.4, 0.5) is 24.5 Å². The van der Waals surface area contributed by atoms with E-state index >= 15 is 0 Å². The molecule has 0 saturated heterocycles. The number of nitro benzene ring substituents is 1. The molecule has 4 nitrogen and oxygen atoms in total. The first-order valence-corrected chi connectivity index (χ1v) is 6.55. The second-order valence-corrected chi connectivity index (χ2v) is 4.39. The third-order valence-electron chi connectivity index (χ3n) is 2.51. The molecule has 106 valence electrons. The molecule has 0 saturated carbocycles. The highest BCUT2D eigenvalue weighted by molar-refractivity contribution is 9.08. The van der Waals surface area contributed by atoms with Crippen LogP contribution in [0.2, 0.25) is 0 Å². The summed E-state index contributed by atoms with van der Waals surface area (Å²) in [4.78, 5) is 11.2. The number of halogens is 4. The van der Waals surface area contributed by atoms with Crippen molar-refractivity contribution in [2.75, 3.05) is 18.0 Å². The third-order valence-corrected chi connectivity index (χ3v) is 3.11. The topological polar surface area (TPSA) is 46.4 Å². The number of alkyl halides is 4. The third kappa shape index (κ3) is 4.38. The van der Waals surface area contributed by atoms with Crippen LogP contribution in [0.3, 0.4) is 0 Å². The maximum Gasteiger partial charge on any atom is 0.405 e. The predicted octanol–water partition coefficient (Wildman–Crippen LogP) is 3.88. The zero-order valence-corrected chi connectivity index (χ0v) is 11.7. The summed E-state index contributed by atoms with van der Waals surface area (Å²) in [6.07, 6.45) is -4.32. The molecule has 0 N–H and O–H groups in total. The highest BCUT2D eigenvalue weighted by Crippen LogP contribution is 2.29. The quantitative estimate of drug-likeness (QED) is 0.464. The van der Waals surface area contributed by atoms with Gasteiger partial charge in [0.05, 0.1) is 4.92 Å². The molecule has 1 aromatic carbocycles. The van der Waals surface area contributed by atoms with Crippen molar-refractivity contribution in [3.63, 3.8) is 0 Å². The largest absolute Gasteiger partial charge is 0.405 e. The smallest absolute Gasteiger partial charge is 0.363 e. The number of hydrogen-bond donors (Lipinski definition) is 0. The van der Waals surface area contributed by atoms with Crippen LogP contribution in [0, 0.1) is 10.1 Å². The van der Waals surface area contributed by atoms with Crippen molar-refractivity contribution in [2.45, 2.75) is 18.4 Å². The van der Waals surface area contributed by atoms with Gasteiger partial charge < -0.3 is 4.90 Å². The Balaban J connectivity index is 3.13. The van der Waals surface area contributed by atoms with E-state index in [9.17, 15) is 23.3 Å². The van der Waals surface area contributed by atoms with E-state index in [1.165, 1.54) is 18.2 Å². The van der Waals surface area contributed by atoms with Crippen LogP contribution < -0.4 is 4.90 Å². The number of nitrogens with zero attached hydrogens (tertiary/aromatic N) is 2. The van der Waals surface area contributed by atoms with E-state index in [-0.39, 0.29) is 17.6 Å². The van der Waals surface area contributed by atoms with Crippen molar-refractivity contribution in [1.29, 1.82) is 0 Å². The predicted molar refractivity (Wildman–Crippen MR) is 69.7 cm³/mol. The van der Waals surface area contributed by atoms with E-state index in [4.69, 9.17) is 0 Å². The van der Waals surface area contributed by atoms with Gasteiger partial charge in [0.1, 0.15) is 6.54 Å². The zero-order chi connectivity index (χ0) is 14.6. The van der Waals surface area contributed by atoms with Crippen LogP contribution in [-0.2, 0) is 5.33 Å². The molecular formula is C11H12BrF3N2O2. The lowest BCUT2D eigenvalue weighted by molar-refractivity contribution is -0.384. The summed E-state index contributed by atoms with van der Waals surface area (Å²) in [6, 6.07) is 3.84. The average molecular weight is 341 g/mol. The van der Waals surface area contributed by atoms with Gasteiger partial charge in [-0.2, -0.15) is 13.2 Å². The van der Waals surface area contributed by atoms with Crippen LogP contribution in [0.15, 0.2) is 18.2 Å². The van der Waals surface area contributed by atoms with Gasteiger partial charge in [0.15, 0.2) is 0 Å². The van der Waals surface area contributed by atoms with Crippen molar-refractivity contribution in [1.82, 2.24) is 0 Å². The Hall–Kier alpha value is -1.31. The summed E-state index contributed by atoms with van der Waals surface area (Å²) in [5.41, 5.74) is 0.670. The van der Waals surface area contributed by atoms with Crippen LogP contribution in [-0.4, -0.2) is 24.2 Å². The van der Waals surface area contributed by atoms with E-state index in [0.717, 1.165) is 4.90 Å². The first kappa shape index (κ1) is 15.7. The minimum absolute atomic E-state index is 0.138. The van der Waals surface area contributed by atoms with E-state index in [1.807, 2.05) is 0 Å². The van der Waals surface area contributed by atoms with Crippen molar-refractivity contribution >= 4 is 27.3 Å². The molecule has 0 bridgehead atoms. The number of hydrogen-bond acceptors (Lipinski definition) is 3. The number of anilines is 1. The summed E-state index contributed by atoms with van der Waals surface area (Å²) in [7, 11) is 0. The van der Waals surface area contributed by atoms with Crippen molar-refractivity contribution in [3.8, 4) is 0 Å². The summed E-state index contributed by atoms with van der Waals surface area (Å²) < 4.78 is 37.4.